The van der Waals surface area contributed by atoms with E-state index in [0.717, 1.165) is 39.0 Å². The van der Waals surface area contributed by atoms with Crippen LogP contribution in [0.25, 0.3) is 0 Å². The molecule has 21 heavy (non-hydrogen) atoms. The van der Waals surface area contributed by atoms with Gasteiger partial charge >= 0.3 is 6.09 Å². The van der Waals surface area contributed by atoms with Crippen molar-refractivity contribution in [3.63, 3.8) is 0 Å². The van der Waals surface area contributed by atoms with Crippen molar-refractivity contribution in [3.8, 4) is 0 Å². The monoisotopic (exact) mass is 298 g/mol. The van der Waals surface area contributed by atoms with Gasteiger partial charge in [-0.05, 0) is 33.6 Å². The van der Waals surface area contributed by atoms with E-state index in [2.05, 4.69) is 0 Å². The van der Waals surface area contributed by atoms with Crippen LogP contribution in [0.1, 0.15) is 33.6 Å². The van der Waals surface area contributed by atoms with E-state index in [1.807, 2.05) is 25.7 Å². The van der Waals surface area contributed by atoms with Gasteiger partial charge in [0.25, 0.3) is 0 Å². The molecule has 0 aromatic rings. The topological polar surface area (TPSA) is 59.1 Å². The molecule has 0 aromatic heterocycles. The van der Waals surface area contributed by atoms with Gasteiger partial charge in [0.2, 0.25) is 5.91 Å². The standard InChI is InChI=1S/C15H26N2O4/c1-14(2,3)21-13(19)17-10-15(11-17)5-7-16(8-6-15)12(18)9-20-4/h5-11H2,1-4H3. The van der Waals surface area contributed by atoms with Gasteiger partial charge in [0, 0.05) is 38.7 Å². The predicted molar refractivity (Wildman–Crippen MR) is 77.9 cm³/mol. The van der Waals surface area contributed by atoms with Crippen LogP contribution in [0.3, 0.4) is 0 Å². The number of piperidine rings is 1. The summed E-state index contributed by atoms with van der Waals surface area (Å²) in [5.41, 5.74) is -0.267. The molecule has 0 bridgehead atoms. The number of nitrogens with zero attached hydrogens (tertiary/aromatic N) is 2. The Kier molecular flexibility index (Phi) is 4.46. The number of amides is 2. The van der Waals surface area contributed by atoms with Gasteiger partial charge in [0.1, 0.15) is 12.2 Å². The molecule has 0 saturated carbocycles. The first-order valence-corrected chi connectivity index (χ1v) is 7.49. The fourth-order valence-electron chi connectivity index (χ4n) is 2.98. The molecule has 0 N–H and O–H groups in total. The van der Waals surface area contributed by atoms with Crippen molar-refractivity contribution in [2.75, 3.05) is 39.9 Å². The Morgan fingerprint density at radius 2 is 1.67 bits per heavy atom. The fraction of sp³-hybridized carbons (Fsp3) is 0.867. The zero-order chi connectivity index (χ0) is 15.7. The Morgan fingerprint density at radius 3 is 2.14 bits per heavy atom. The van der Waals surface area contributed by atoms with Gasteiger partial charge in [-0.1, -0.05) is 0 Å². The number of hydrogen-bond acceptors (Lipinski definition) is 4. The third kappa shape index (κ3) is 3.87. The van der Waals surface area contributed by atoms with Crippen molar-refractivity contribution in [2.24, 2.45) is 5.41 Å². The lowest BCUT2D eigenvalue weighted by atomic mass is 9.72. The van der Waals surface area contributed by atoms with E-state index in [1.54, 1.807) is 4.90 Å². The molecule has 2 amide bonds. The van der Waals surface area contributed by atoms with Gasteiger partial charge in [-0.3, -0.25) is 4.79 Å². The lowest BCUT2D eigenvalue weighted by Gasteiger charge is -2.53. The normalized spacial score (nSPS) is 21.1. The van der Waals surface area contributed by atoms with Crippen LogP contribution in [0.2, 0.25) is 0 Å². The highest BCUT2D eigenvalue weighted by Crippen LogP contribution is 2.40. The average Bonchev–Trinajstić information content (AvgIpc) is 2.34. The van der Waals surface area contributed by atoms with Crippen LogP contribution in [0.5, 0.6) is 0 Å². The summed E-state index contributed by atoms with van der Waals surface area (Å²) in [6.45, 7) is 8.77. The fourth-order valence-corrected chi connectivity index (χ4v) is 2.98. The smallest absolute Gasteiger partial charge is 0.410 e. The molecule has 2 aliphatic rings. The quantitative estimate of drug-likeness (QED) is 0.775. The molecule has 0 unspecified atom stereocenters. The van der Waals surface area contributed by atoms with Gasteiger partial charge in [0.05, 0.1) is 0 Å². The minimum atomic E-state index is -0.449. The molecular formula is C15H26N2O4. The summed E-state index contributed by atoms with van der Waals surface area (Å²) in [5.74, 6) is 0.0515. The van der Waals surface area contributed by atoms with E-state index >= 15 is 0 Å². The molecule has 2 aliphatic heterocycles. The summed E-state index contributed by atoms with van der Waals surface area (Å²) in [7, 11) is 1.54. The van der Waals surface area contributed by atoms with Crippen molar-refractivity contribution in [2.45, 2.75) is 39.2 Å². The molecule has 1 spiro atoms. The third-order valence-corrected chi connectivity index (χ3v) is 4.15. The number of carbonyl (C=O) groups is 2. The van der Waals surface area contributed by atoms with E-state index in [1.165, 1.54) is 7.11 Å². The van der Waals surface area contributed by atoms with Gasteiger partial charge in [0.15, 0.2) is 0 Å². The minimum absolute atomic E-state index is 0.0515. The number of rotatable bonds is 2. The molecule has 2 fully saturated rings. The largest absolute Gasteiger partial charge is 0.444 e. The molecular weight excluding hydrogens is 272 g/mol. The van der Waals surface area contributed by atoms with E-state index in [-0.39, 0.29) is 24.0 Å². The van der Waals surface area contributed by atoms with Gasteiger partial charge in [-0.25, -0.2) is 4.79 Å². The first-order valence-electron chi connectivity index (χ1n) is 7.49. The lowest BCUT2D eigenvalue weighted by Crippen LogP contribution is -2.62. The number of ether oxygens (including phenoxy) is 2. The summed E-state index contributed by atoms with van der Waals surface area (Å²) in [6, 6.07) is 0. The van der Waals surface area contributed by atoms with Gasteiger partial charge in [-0.15, -0.1) is 0 Å². The maximum Gasteiger partial charge on any atom is 0.410 e. The summed E-state index contributed by atoms with van der Waals surface area (Å²) in [4.78, 5) is 27.3. The van der Waals surface area contributed by atoms with Crippen molar-refractivity contribution in [1.29, 1.82) is 0 Å². The summed E-state index contributed by atoms with van der Waals surface area (Å²) in [5, 5.41) is 0. The molecule has 6 nitrogen and oxygen atoms in total. The Bertz CT molecular complexity index is 400. The van der Waals surface area contributed by atoms with Gasteiger partial charge < -0.3 is 19.3 Å². The van der Waals surface area contributed by atoms with Crippen LogP contribution in [0.4, 0.5) is 4.79 Å². The second-order valence-corrected chi connectivity index (χ2v) is 7.15. The van der Waals surface area contributed by atoms with Crippen molar-refractivity contribution in [3.05, 3.63) is 0 Å². The first kappa shape index (κ1) is 16.1. The van der Waals surface area contributed by atoms with Crippen LogP contribution in [0.15, 0.2) is 0 Å². The summed E-state index contributed by atoms with van der Waals surface area (Å²) >= 11 is 0. The second-order valence-electron chi connectivity index (χ2n) is 7.15. The molecule has 120 valence electrons. The van der Waals surface area contributed by atoms with E-state index in [4.69, 9.17) is 9.47 Å². The highest BCUT2D eigenvalue weighted by Gasteiger charge is 2.48. The van der Waals surface area contributed by atoms with Crippen molar-refractivity contribution >= 4 is 12.0 Å². The second kappa shape index (κ2) is 5.83. The number of hydrogen-bond donors (Lipinski definition) is 0. The maximum atomic E-state index is 11.9. The third-order valence-electron chi connectivity index (χ3n) is 4.15. The zero-order valence-corrected chi connectivity index (χ0v) is 13.5. The van der Waals surface area contributed by atoms with Crippen LogP contribution in [0, 0.1) is 5.41 Å². The van der Waals surface area contributed by atoms with Crippen LogP contribution < -0.4 is 0 Å². The molecule has 0 aliphatic carbocycles. The number of methoxy groups -OCH3 is 1. The first-order chi connectivity index (χ1) is 9.75. The predicted octanol–water partition coefficient (Wildman–Crippen LogP) is 1.49. The minimum Gasteiger partial charge on any atom is -0.444 e. The summed E-state index contributed by atoms with van der Waals surface area (Å²) < 4.78 is 10.3. The molecule has 6 heteroatoms. The van der Waals surface area contributed by atoms with Crippen LogP contribution in [-0.2, 0) is 14.3 Å². The maximum absolute atomic E-state index is 11.9. The van der Waals surface area contributed by atoms with E-state index in [9.17, 15) is 9.59 Å². The van der Waals surface area contributed by atoms with Crippen LogP contribution in [-0.4, -0.2) is 67.3 Å². The molecule has 0 atom stereocenters. The zero-order valence-electron chi connectivity index (χ0n) is 13.5. The lowest BCUT2D eigenvalue weighted by molar-refractivity contribution is -0.140. The molecule has 2 rings (SSSR count). The molecule has 2 heterocycles. The molecule has 0 radical (unpaired) electrons. The van der Waals surface area contributed by atoms with Gasteiger partial charge in [-0.2, -0.15) is 0 Å². The highest BCUT2D eigenvalue weighted by molar-refractivity contribution is 5.77. The summed E-state index contributed by atoms with van der Waals surface area (Å²) in [6.07, 6.45) is 1.66. The highest BCUT2D eigenvalue weighted by atomic mass is 16.6. The van der Waals surface area contributed by atoms with Crippen molar-refractivity contribution in [1.82, 2.24) is 9.80 Å². The van der Waals surface area contributed by atoms with Crippen LogP contribution >= 0.6 is 0 Å². The Morgan fingerprint density at radius 1 is 1.10 bits per heavy atom. The number of carbonyl (C=O) groups excluding carboxylic acids is 2. The van der Waals surface area contributed by atoms with E-state index < -0.39 is 5.60 Å². The molecule has 2 saturated heterocycles. The Balaban J connectivity index is 1.77. The Labute approximate surface area is 126 Å². The van der Waals surface area contributed by atoms with E-state index in [0.29, 0.717) is 0 Å². The number of likely N-dealkylation sites (tertiary alicyclic amines) is 2. The SMILES string of the molecule is COCC(=O)N1CCC2(CC1)CN(C(=O)OC(C)(C)C)C2. The molecule has 0 aromatic carbocycles. The van der Waals surface area contributed by atoms with Crippen molar-refractivity contribution < 1.29 is 19.1 Å². The Hall–Kier alpha value is -1.30. The average molecular weight is 298 g/mol.